The van der Waals surface area contributed by atoms with Crippen molar-refractivity contribution in [1.29, 1.82) is 0 Å². The van der Waals surface area contributed by atoms with E-state index in [1.54, 1.807) is 39.0 Å². The number of nitrogens with zero attached hydrogens (tertiary/aromatic N) is 1. The van der Waals surface area contributed by atoms with Gasteiger partial charge in [0.1, 0.15) is 16.7 Å². The molecule has 0 aromatic heterocycles. The summed E-state index contributed by atoms with van der Waals surface area (Å²) >= 11 is 13.8. The van der Waals surface area contributed by atoms with Gasteiger partial charge in [0, 0.05) is 13.0 Å². The number of thiol groups is 1. The van der Waals surface area contributed by atoms with Gasteiger partial charge in [-0.05, 0) is 48.8 Å². The van der Waals surface area contributed by atoms with Crippen molar-refractivity contribution in [3.8, 4) is 0 Å². The molecule has 1 heterocycles. The number of halogens is 2. The van der Waals surface area contributed by atoms with Gasteiger partial charge in [-0.25, -0.2) is 9.69 Å². The lowest BCUT2D eigenvalue weighted by molar-refractivity contribution is -0.127. The summed E-state index contributed by atoms with van der Waals surface area (Å²) < 4.78 is 5.86. The second-order valence-electron chi connectivity index (χ2n) is 6.70. The predicted molar refractivity (Wildman–Crippen MR) is 108 cm³/mol. The summed E-state index contributed by atoms with van der Waals surface area (Å²) in [6.45, 7) is 5.19. The van der Waals surface area contributed by atoms with E-state index in [0.717, 1.165) is 4.90 Å². The second-order valence-corrected chi connectivity index (χ2v) is 8.41. The van der Waals surface area contributed by atoms with E-state index in [4.69, 9.17) is 16.3 Å². The molecule has 2 N–H and O–H groups in total. The Bertz CT molecular complexity index is 764. The maximum absolute atomic E-state index is 12.7. The number of ether oxygens (including phenoxy) is 1. The van der Waals surface area contributed by atoms with Crippen molar-refractivity contribution < 1.29 is 19.4 Å². The minimum Gasteiger partial charge on any atom is -0.512 e. The Kier molecular flexibility index (Phi) is 6.52. The van der Waals surface area contributed by atoms with Gasteiger partial charge in [0.2, 0.25) is 0 Å². The first kappa shape index (κ1) is 20.9. The number of hydrogen-bond donors (Lipinski definition) is 3. The van der Waals surface area contributed by atoms with Crippen molar-refractivity contribution in [3.63, 3.8) is 0 Å². The number of hydrogen-bond acceptors (Lipinski definition) is 6. The fraction of sp³-hybridized carbons (Fsp3) is 0.412. The van der Waals surface area contributed by atoms with Crippen LogP contribution < -0.4 is 5.32 Å². The highest BCUT2D eigenvalue weighted by Gasteiger charge is 2.36. The maximum atomic E-state index is 12.7. The Hall–Kier alpha value is -1.38. The fourth-order valence-electron chi connectivity index (χ4n) is 2.32. The van der Waals surface area contributed by atoms with Crippen LogP contribution in [0.5, 0.6) is 0 Å². The van der Waals surface area contributed by atoms with Crippen LogP contribution >= 0.6 is 40.2 Å². The zero-order valence-corrected chi connectivity index (χ0v) is 17.8. The van der Waals surface area contributed by atoms with Crippen LogP contribution in [-0.4, -0.2) is 39.5 Å². The summed E-state index contributed by atoms with van der Waals surface area (Å²) in [6, 6.07) is 5.19. The molecule has 1 unspecified atom stereocenters. The highest BCUT2D eigenvalue weighted by Crippen LogP contribution is 2.33. The monoisotopic (exact) mass is 462 g/mol. The molecule has 9 heteroatoms. The smallest absolute Gasteiger partial charge is 0.417 e. The van der Waals surface area contributed by atoms with Crippen LogP contribution in [0.2, 0.25) is 5.02 Å². The molecule has 1 aliphatic rings. The van der Waals surface area contributed by atoms with Crippen LogP contribution in [0.25, 0.3) is 0 Å². The zero-order chi connectivity index (χ0) is 19.6. The standard InChI is InChI=1S/C17H20BrClN2O4S/c1-17(2,3)25-16(24)21-8-7-11(22)12(15(21)23)14(26)20-10-6-4-5-9(19)13(10)18/h4-6,14,20,22,26H,7-8H2,1-3H3. The first-order chi connectivity index (χ1) is 12.0. The minimum absolute atomic E-state index is 0.00248. The third kappa shape index (κ3) is 4.86. The van der Waals surface area contributed by atoms with Crippen molar-refractivity contribution in [2.75, 3.05) is 11.9 Å². The molecule has 2 rings (SSSR count). The number of amides is 2. The minimum atomic E-state index is -0.845. The molecule has 6 nitrogen and oxygen atoms in total. The van der Waals surface area contributed by atoms with Crippen LogP contribution in [-0.2, 0) is 9.53 Å². The van der Waals surface area contributed by atoms with E-state index in [2.05, 4.69) is 33.9 Å². The van der Waals surface area contributed by atoms with Crippen LogP contribution in [0.3, 0.4) is 0 Å². The van der Waals surface area contributed by atoms with Crippen molar-refractivity contribution in [2.24, 2.45) is 0 Å². The van der Waals surface area contributed by atoms with E-state index in [1.807, 2.05) is 0 Å². The fourth-order valence-corrected chi connectivity index (χ4v) is 3.28. The van der Waals surface area contributed by atoms with Gasteiger partial charge in [0.25, 0.3) is 5.91 Å². The van der Waals surface area contributed by atoms with Crippen LogP contribution in [0.1, 0.15) is 27.2 Å². The van der Waals surface area contributed by atoms with Gasteiger partial charge in [-0.15, -0.1) is 12.6 Å². The van der Waals surface area contributed by atoms with Gasteiger partial charge in [0.15, 0.2) is 0 Å². The third-order valence-corrected chi connectivity index (χ3v) is 5.27. The molecular formula is C17H20BrClN2O4S. The summed E-state index contributed by atoms with van der Waals surface area (Å²) in [5.41, 5.74) is -0.136. The maximum Gasteiger partial charge on any atom is 0.417 e. The van der Waals surface area contributed by atoms with Gasteiger partial charge in [-0.2, -0.15) is 0 Å². The average Bonchev–Trinajstić information content (AvgIpc) is 2.50. The lowest BCUT2D eigenvalue weighted by Crippen LogP contribution is -2.46. The highest BCUT2D eigenvalue weighted by molar-refractivity contribution is 9.10. The van der Waals surface area contributed by atoms with Crippen molar-refractivity contribution >= 4 is 57.8 Å². The molecule has 142 valence electrons. The van der Waals surface area contributed by atoms with Gasteiger partial charge in [-0.1, -0.05) is 17.7 Å². The average molecular weight is 464 g/mol. The summed E-state index contributed by atoms with van der Waals surface area (Å²) in [6.07, 6.45) is -0.618. The highest BCUT2D eigenvalue weighted by atomic mass is 79.9. The molecule has 2 amide bonds. The molecule has 0 spiro atoms. The van der Waals surface area contributed by atoms with Gasteiger partial charge < -0.3 is 15.2 Å². The van der Waals surface area contributed by atoms with E-state index in [9.17, 15) is 14.7 Å². The summed E-state index contributed by atoms with van der Waals surface area (Å²) in [4.78, 5) is 26.0. The molecule has 0 bridgehead atoms. The Morgan fingerprint density at radius 3 is 2.73 bits per heavy atom. The van der Waals surface area contributed by atoms with Crippen molar-refractivity contribution in [2.45, 2.75) is 38.2 Å². The lowest BCUT2D eigenvalue weighted by Gasteiger charge is -2.31. The molecule has 0 saturated carbocycles. The molecule has 1 aromatic carbocycles. The zero-order valence-electron chi connectivity index (χ0n) is 14.5. The molecule has 1 atom stereocenters. The van der Waals surface area contributed by atoms with E-state index in [0.29, 0.717) is 15.2 Å². The number of nitrogens with one attached hydrogen (secondary N) is 1. The van der Waals surface area contributed by atoms with E-state index in [-0.39, 0.29) is 24.3 Å². The summed E-state index contributed by atoms with van der Waals surface area (Å²) in [5.74, 6) is -0.755. The molecule has 26 heavy (non-hydrogen) atoms. The molecule has 1 aromatic rings. The number of aliphatic hydroxyl groups is 1. The lowest BCUT2D eigenvalue weighted by atomic mass is 10.1. The van der Waals surface area contributed by atoms with Crippen LogP contribution in [0, 0.1) is 0 Å². The Morgan fingerprint density at radius 2 is 2.12 bits per heavy atom. The van der Waals surface area contributed by atoms with E-state index < -0.39 is 23.0 Å². The number of carbonyl (C=O) groups is 2. The van der Waals surface area contributed by atoms with Crippen LogP contribution in [0.4, 0.5) is 10.5 Å². The van der Waals surface area contributed by atoms with E-state index in [1.165, 1.54) is 0 Å². The number of rotatable bonds is 3. The largest absolute Gasteiger partial charge is 0.512 e. The normalized spacial score (nSPS) is 16.5. The SMILES string of the molecule is CC(C)(C)OC(=O)N1CCC(O)=C(C(S)Nc2cccc(Cl)c2Br)C1=O. The molecule has 1 aliphatic heterocycles. The Morgan fingerprint density at radius 1 is 1.46 bits per heavy atom. The number of imide groups is 1. The molecule has 0 radical (unpaired) electrons. The number of carbonyl (C=O) groups excluding carboxylic acids is 2. The first-order valence-electron chi connectivity index (χ1n) is 7.86. The summed E-state index contributed by atoms with van der Waals surface area (Å²) in [7, 11) is 0. The molecule has 0 saturated heterocycles. The molecule has 0 fully saturated rings. The first-order valence-corrected chi connectivity index (χ1v) is 9.55. The van der Waals surface area contributed by atoms with Crippen molar-refractivity contribution in [3.05, 3.63) is 39.0 Å². The second kappa shape index (κ2) is 8.10. The molecular weight excluding hydrogens is 444 g/mol. The van der Waals surface area contributed by atoms with Gasteiger partial charge in [0.05, 0.1) is 20.8 Å². The third-order valence-electron chi connectivity index (χ3n) is 3.49. The van der Waals surface area contributed by atoms with Gasteiger partial charge in [-0.3, -0.25) is 4.79 Å². The number of aliphatic hydroxyl groups excluding tert-OH is 1. The topological polar surface area (TPSA) is 78.9 Å². The van der Waals surface area contributed by atoms with Crippen molar-refractivity contribution in [1.82, 2.24) is 4.90 Å². The summed E-state index contributed by atoms with van der Waals surface area (Å²) in [5, 5.41) is 12.8. The Balaban J connectivity index is 2.22. The molecule has 0 aliphatic carbocycles. The van der Waals surface area contributed by atoms with Crippen LogP contribution in [0.15, 0.2) is 34.0 Å². The number of anilines is 1. The number of benzene rings is 1. The van der Waals surface area contributed by atoms with Gasteiger partial charge >= 0.3 is 6.09 Å². The Labute approximate surface area is 171 Å². The quantitative estimate of drug-likeness (QED) is 0.445. The van der Waals surface area contributed by atoms with E-state index >= 15 is 0 Å². The predicted octanol–water partition coefficient (Wildman–Crippen LogP) is 4.75.